The van der Waals surface area contributed by atoms with E-state index in [1.807, 2.05) is 12.1 Å². The van der Waals surface area contributed by atoms with E-state index in [0.717, 1.165) is 11.0 Å². The lowest BCUT2D eigenvalue weighted by atomic mass is 9.74. The van der Waals surface area contributed by atoms with Crippen molar-refractivity contribution >= 4 is 15.9 Å². The van der Waals surface area contributed by atoms with Gasteiger partial charge in [-0.25, -0.2) is 0 Å². The summed E-state index contributed by atoms with van der Waals surface area (Å²) in [6, 6.07) is 5.81. The molecule has 1 aliphatic rings. The van der Waals surface area contributed by atoms with Crippen molar-refractivity contribution in [3.05, 3.63) is 28.2 Å². The van der Waals surface area contributed by atoms with Gasteiger partial charge < -0.3 is 5.11 Å². The summed E-state index contributed by atoms with van der Waals surface area (Å²) >= 11 is 3.38. The smallest absolute Gasteiger partial charge is 0.129 e. The minimum absolute atomic E-state index is 0.318. The molecule has 0 spiro atoms. The third-order valence-electron chi connectivity index (χ3n) is 4.83. The summed E-state index contributed by atoms with van der Waals surface area (Å²) in [4.78, 5) is 2.53. The van der Waals surface area contributed by atoms with Gasteiger partial charge in [0.05, 0.1) is 4.47 Å². The van der Waals surface area contributed by atoms with E-state index >= 15 is 0 Å². The van der Waals surface area contributed by atoms with Crippen LogP contribution in [0.15, 0.2) is 22.7 Å². The van der Waals surface area contributed by atoms with Crippen LogP contribution < -0.4 is 0 Å². The molecule has 0 bridgehead atoms. The molecule has 1 saturated heterocycles. The summed E-state index contributed by atoms with van der Waals surface area (Å²) in [6.45, 7) is 8.04. The molecule has 0 unspecified atom stereocenters. The number of nitrogens with zero attached hydrogens (tertiary/aromatic N) is 1. The molecule has 3 heteroatoms. The fourth-order valence-corrected chi connectivity index (χ4v) is 3.48. The standard InChI is InChI=1S/C16H24BrNO/c1-3-16(4-2)7-9-18(10-8-16)12-13-5-6-15(19)14(17)11-13/h5-6,11,19H,3-4,7-10,12H2,1-2H3. The summed E-state index contributed by atoms with van der Waals surface area (Å²) in [6.07, 6.45) is 5.25. The molecule has 1 aliphatic heterocycles. The van der Waals surface area contributed by atoms with E-state index in [9.17, 15) is 5.11 Å². The van der Waals surface area contributed by atoms with Crippen molar-refractivity contribution in [1.29, 1.82) is 0 Å². The average molecular weight is 326 g/mol. The Morgan fingerprint density at radius 2 is 1.84 bits per heavy atom. The molecule has 19 heavy (non-hydrogen) atoms. The van der Waals surface area contributed by atoms with E-state index in [1.54, 1.807) is 6.07 Å². The first kappa shape index (κ1) is 14.9. The first-order chi connectivity index (χ1) is 9.08. The number of hydrogen-bond donors (Lipinski definition) is 1. The largest absolute Gasteiger partial charge is 0.507 e. The zero-order valence-electron chi connectivity index (χ0n) is 12.0. The van der Waals surface area contributed by atoms with Crippen LogP contribution >= 0.6 is 15.9 Å². The topological polar surface area (TPSA) is 23.5 Å². The Bertz CT molecular complexity index is 419. The van der Waals surface area contributed by atoms with Gasteiger partial charge in [0.15, 0.2) is 0 Å². The number of phenols is 1. The molecule has 1 heterocycles. The predicted octanol–water partition coefficient (Wildman–Crippen LogP) is 4.56. The number of halogens is 1. The molecule has 2 rings (SSSR count). The minimum atomic E-state index is 0.318. The summed E-state index contributed by atoms with van der Waals surface area (Å²) < 4.78 is 0.790. The fourth-order valence-electron chi connectivity index (χ4n) is 3.05. The molecule has 0 saturated carbocycles. The van der Waals surface area contributed by atoms with E-state index < -0.39 is 0 Å². The van der Waals surface area contributed by atoms with Crippen LogP contribution in [0.1, 0.15) is 45.1 Å². The highest BCUT2D eigenvalue weighted by Crippen LogP contribution is 2.38. The van der Waals surface area contributed by atoms with Gasteiger partial charge in [-0.2, -0.15) is 0 Å². The van der Waals surface area contributed by atoms with Crippen molar-refractivity contribution < 1.29 is 5.11 Å². The van der Waals surface area contributed by atoms with Gasteiger partial charge in [0.2, 0.25) is 0 Å². The monoisotopic (exact) mass is 325 g/mol. The van der Waals surface area contributed by atoms with Crippen LogP contribution in [-0.2, 0) is 6.54 Å². The molecule has 0 atom stereocenters. The SMILES string of the molecule is CCC1(CC)CCN(Cc2ccc(O)c(Br)c2)CC1. The summed E-state index contributed by atoms with van der Waals surface area (Å²) in [5.41, 5.74) is 1.86. The zero-order chi connectivity index (χ0) is 13.9. The van der Waals surface area contributed by atoms with Gasteiger partial charge in [-0.3, -0.25) is 4.90 Å². The Balaban J connectivity index is 1.93. The fraction of sp³-hybridized carbons (Fsp3) is 0.625. The van der Waals surface area contributed by atoms with E-state index in [4.69, 9.17) is 0 Å². The maximum absolute atomic E-state index is 9.52. The molecule has 1 fully saturated rings. The number of benzene rings is 1. The summed E-state index contributed by atoms with van der Waals surface area (Å²) in [7, 11) is 0. The normalized spacial score (nSPS) is 19.5. The van der Waals surface area contributed by atoms with E-state index in [1.165, 1.54) is 44.3 Å². The second-order valence-corrected chi connectivity index (χ2v) is 6.62. The van der Waals surface area contributed by atoms with Crippen LogP contribution in [0.4, 0.5) is 0 Å². The highest BCUT2D eigenvalue weighted by atomic mass is 79.9. The molecule has 0 amide bonds. The van der Waals surface area contributed by atoms with Crippen molar-refractivity contribution in [2.75, 3.05) is 13.1 Å². The Labute approximate surface area is 124 Å². The molecule has 0 radical (unpaired) electrons. The third kappa shape index (κ3) is 3.51. The maximum atomic E-state index is 9.52. The van der Waals surface area contributed by atoms with E-state index in [-0.39, 0.29) is 0 Å². The lowest BCUT2D eigenvalue weighted by molar-refractivity contribution is 0.0909. The van der Waals surface area contributed by atoms with Gasteiger partial charge in [0, 0.05) is 6.54 Å². The lowest BCUT2D eigenvalue weighted by Crippen LogP contribution is -2.39. The molecule has 0 aliphatic carbocycles. The van der Waals surface area contributed by atoms with Crippen LogP contribution in [0.3, 0.4) is 0 Å². The number of piperidine rings is 1. The van der Waals surface area contributed by atoms with Crippen LogP contribution in [0, 0.1) is 5.41 Å². The Morgan fingerprint density at radius 3 is 2.37 bits per heavy atom. The van der Waals surface area contributed by atoms with Crippen molar-refractivity contribution in [2.24, 2.45) is 5.41 Å². The third-order valence-corrected chi connectivity index (χ3v) is 5.47. The molecule has 1 aromatic carbocycles. The van der Waals surface area contributed by atoms with Gasteiger partial charge in [0.1, 0.15) is 5.75 Å². The van der Waals surface area contributed by atoms with Crippen LogP contribution in [0.5, 0.6) is 5.75 Å². The molecular weight excluding hydrogens is 302 g/mol. The molecule has 1 aromatic rings. The maximum Gasteiger partial charge on any atom is 0.129 e. The van der Waals surface area contributed by atoms with Crippen molar-refractivity contribution in [1.82, 2.24) is 4.90 Å². The van der Waals surface area contributed by atoms with Crippen LogP contribution in [0.25, 0.3) is 0 Å². The van der Waals surface area contributed by atoms with Crippen molar-refractivity contribution in [3.63, 3.8) is 0 Å². The second kappa shape index (κ2) is 6.27. The lowest BCUT2D eigenvalue weighted by Gasteiger charge is -2.41. The highest BCUT2D eigenvalue weighted by molar-refractivity contribution is 9.10. The Morgan fingerprint density at radius 1 is 1.21 bits per heavy atom. The predicted molar refractivity (Wildman–Crippen MR) is 83.3 cm³/mol. The van der Waals surface area contributed by atoms with Crippen LogP contribution in [-0.4, -0.2) is 23.1 Å². The average Bonchev–Trinajstić information content (AvgIpc) is 2.44. The summed E-state index contributed by atoms with van der Waals surface area (Å²) in [5, 5.41) is 9.52. The van der Waals surface area contributed by atoms with Gasteiger partial charge in [-0.05, 0) is 65.0 Å². The molecule has 1 N–H and O–H groups in total. The molecular formula is C16H24BrNO. The number of likely N-dealkylation sites (tertiary alicyclic amines) is 1. The number of aromatic hydroxyl groups is 1. The van der Waals surface area contributed by atoms with Gasteiger partial charge in [0.25, 0.3) is 0 Å². The van der Waals surface area contributed by atoms with Crippen LogP contribution in [0.2, 0.25) is 0 Å². The first-order valence-electron chi connectivity index (χ1n) is 7.28. The van der Waals surface area contributed by atoms with Gasteiger partial charge in [-0.1, -0.05) is 32.8 Å². The quantitative estimate of drug-likeness (QED) is 0.877. The number of phenolic OH excluding ortho intramolecular Hbond substituents is 1. The zero-order valence-corrected chi connectivity index (χ0v) is 13.5. The highest BCUT2D eigenvalue weighted by Gasteiger charge is 2.30. The minimum Gasteiger partial charge on any atom is -0.507 e. The first-order valence-corrected chi connectivity index (χ1v) is 8.07. The molecule has 106 valence electrons. The van der Waals surface area contributed by atoms with E-state index in [0.29, 0.717) is 11.2 Å². The Kier molecular flexibility index (Phi) is 4.91. The van der Waals surface area contributed by atoms with Gasteiger partial charge in [-0.15, -0.1) is 0 Å². The van der Waals surface area contributed by atoms with E-state index in [2.05, 4.69) is 34.7 Å². The van der Waals surface area contributed by atoms with Gasteiger partial charge >= 0.3 is 0 Å². The van der Waals surface area contributed by atoms with Crippen molar-refractivity contribution in [2.45, 2.75) is 46.1 Å². The van der Waals surface area contributed by atoms with Crippen molar-refractivity contribution in [3.8, 4) is 5.75 Å². The second-order valence-electron chi connectivity index (χ2n) is 5.77. The number of hydrogen-bond acceptors (Lipinski definition) is 2. The summed E-state index contributed by atoms with van der Waals surface area (Å²) in [5.74, 6) is 0.318. The molecule has 0 aromatic heterocycles. The Hall–Kier alpha value is -0.540. The number of rotatable bonds is 4. The molecule has 2 nitrogen and oxygen atoms in total.